The number of carbonyl (C=O) groups is 2. The van der Waals surface area contributed by atoms with E-state index in [9.17, 15) is 14.7 Å². The second-order valence-corrected chi connectivity index (χ2v) is 3.70. The number of benzene rings is 1. The number of aliphatic hydroxyl groups is 1. The lowest BCUT2D eigenvalue weighted by Gasteiger charge is -2.09. The fourth-order valence-electron chi connectivity index (χ4n) is 1.07. The summed E-state index contributed by atoms with van der Waals surface area (Å²) in [5.41, 5.74) is 4.85. The number of phenolic OH excluding ortho intramolecular Hbond substituents is 1. The van der Waals surface area contributed by atoms with Crippen molar-refractivity contribution in [1.29, 1.82) is 0 Å². The van der Waals surface area contributed by atoms with Gasteiger partial charge in [0, 0.05) is 0 Å². The van der Waals surface area contributed by atoms with E-state index >= 15 is 0 Å². The lowest BCUT2D eigenvalue weighted by atomic mass is 10.2. The Kier molecular flexibility index (Phi) is 4.30. The smallest absolute Gasteiger partial charge is 0.253 e. The summed E-state index contributed by atoms with van der Waals surface area (Å²) in [6, 6.07) is 3.86. The fraction of sp³-hybridized carbons (Fsp3) is 0.200. The molecule has 0 aromatic heterocycles. The van der Waals surface area contributed by atoms with Crippen LogP contribution in [0, 0.1) is 0 Å². The average molecular weight is 259 g/mol. The highest BCUT2D eigenvalue weighted by Crippen LogP contribution is 2.20. The van der Waals surface area contributed by atoms with Crippen LogP contribution in [-0.2, 0) is 4.79 Å². The van der Waals surface area contributed by atoms with Gasteiger partial charge >= 0.3 is 0 Å². The lowest BCUT2D eigenvalue weighted by Crippen LogP contribution is -2.40. The van der Waals surface area contributed by atoms with E-state index in [2.05, 4.69) is 5.32 Å². The van der Waals surface area contributed by atoms with Crippen LogP contribution in [0.5, 0.6) is 5.75 Å². The van der Waals surface area contributed by atoms with Gasteiger partial charge in [0.2, 0.25) is 5.91 Å². The van der Waals surface area contributed by atoms with E-state index in [0.29, 0.717) is 0 Å². The van der Waals surface area contributed by atoms with E-state index < -0.39 is 17.9 Å². The molecule has 0 aliphatic carbocycles. The van der Waals surface area contributed by atoms with Crippen LogP contribution in [0.1, 0.15) is 10.4 Å². The van der Waals surface area contributed by atoms with E-state index in [4.69, 9.17) is 22.4 Å². The van der Waals surface area contributed by atoms with Gasteiger partial charge in [-0.25, -0.2) is 0 Å². The van der Waals surface area contributed by atoms with Crippen molar-refractivity contribution in [2.75, 3.05) is 6.54 Å². The summed E-state index contributed by atoms with van der Waals surface area (Å²) >= 11 is 5.74. The van der Waals surface area contributed by atoms with Gasteiger partial charge in [-0.3, -0.25) is 9.59 Å². The summed E-state index contributed by atoms with van der Waals surface area (Å²) in [5.74, 6) is -1.67. The van der Waals surface area contributed by atoms with Crippen molar-refractivity contribution >= 4 is 23.4 Å². The standard InChI is InChI=1S/C10H11ClN2O4/c11-7-2-1-5(14)3-6(7)10(17)13-4-8(15)9(12)16/h1-3,8,14-15H,4H2,(H2,12,16)(H,13,17). The minimum absolute atomic E-state index is 0.0448. The van der Waals surface area contributed by atoms with E-state index in [1.54, 1.807) is 0 Å². The molecule has 1 atom stereocenters. The lowest BCUT2D eigenvalue weighted by molar-refractivity contribution is -0.125. The van der Waals surface area contributed by atoms with Crippen molar-refractivity contribution in [3.63, 3.8) is 0 Å². The number of halogens is 1. The number of primary amides is 1. The van der Waals surface area contributed by atoms with Crippen LogP contribution in [0.2, 0.25) is 5.02 Å². The first-order valence-corrected chi connectivity index (χ1v) is 5.03. The Bertz CT molecular complexity index is 450. The normalized spacial score (nSPS) is 11.9. The zero-order valence-corrected chi connectivity index (χ0v) is 9.44. The van der Waals surface area contributed by atoms with Gasteiger partial charge in [-0.15, -0.1) is 0 Å². The molecule has 0 heterocycles. The summed E-state index contributed by atoms with van der Waals surface area (Å²) in [6.45, 7) is -0.319. The molecule has 5 N–H and O–H groups in total. The number of rotatable bonds is 4. The predicted molar refractivity (Wildman–Crippen MR) is 60.7 cm³/mol. The number of aliphatic hydroxyl groups excluding tert-OH is 1. The Hall–Kier alpha value is -1.79. The van der Waals surface area contributed by atoms with Crippen LogP contribution in [-0.4, -0.2) is 34.7 Å². The summed E-state index contributed by atoms with van der Waals surface area (Å²) in [6.07, 6.45) is -1.46. The number of carbonyl (C=O) groups excluding carboxylic acids is 2. The zero-order valence-electron chi connectivity index (χ0n) is 8.68. The number of hydrogen-bond donors (Lipinski definition) is 4. The molecule has 1 aromatic carbocycles. The molecule has 1 rings (SSSR count). The van der Waals surface area contributed by atoms with Gasteiger partial charge in [0.25, 0.3) is 5.91 Å². The largest absolute Gasteiger partial charge is 0.508 e. The van der Waals surface area contributed by atoms with Crippen molar-refractivity contribution in [3.05, 3.63) is 28.8 Å². The molecular weight excluding hydrogens is 248 g/mol. The maximum absolute atomic E-state index is 11.6. The zero-order chi connectivity index (χ0) is 13.0. The van der Waals surface area contributed by atoms with Crippen LogP contribution in [0.25, 0.3) is 0 Å². The topological polar surface area (TPSA) is 113 Å². The van der Waals surface area contributed by atoms with Crippen LogP contribution in [0.4, 0.5) is 0 Å². The molecule has 0 aliphatic heterocycles. The first-order valence-electron chi connectivity index (χ1n) is 4.66. The molecular formula is C10H11ClN2O4. The van der Waals surface area contributed by atoms with E-state index in [1.165, 1.54) is 18.2 Å². The maximum Gasteiger partial charge on any atom is 0.253 e. The molecule has 17 heavy (non-hydrogen) atoms. The Balaban J connectivity index is 2.70. The van der Waals surface area contributed by atoms with Gasteiger partial charge in [0.15, 0.2) is 0 Å². The fourth-order valence-corrected chi connectivity index (χ4v) is 1.28. The number of nitrogens with two attached hydrogens (primary N) is 1. The third kappa shape index (κ3) is 3.61. The highest BCUT2D eigenvalue weighted by Gasteiger charge is 2.15. The summed E-state index contributed by atoms with van der Waals surface area (Å²) < 4.78 is 0. The van der Waals surface area contributed by atoms with Crippen molar-refractivity contribution in [2.24, 2.45) is 5.73 Å². The molecule has 0 saturated carbocycles. The Morgan fingerprint density at radius 3 is 2.71 bits per heavy atom. The Labute approximate surface area is 102 Å². The molecule has 92 valence electrons. The molecule has 0 radical (unpaired) electrons. The van der Waals surface area contributed by atoms with Gasteiger partial charge in [-0.1, -0.05) is 11.6 Å². The van der Waals surface area contributed by atoms with Crippen LogP contribution >= 0.6 is 11.6 Å². The highest BCUT2D eigenvalue weighted by molar-refractivity contribution is 6.33. The molecule has 0 spiro atoms. The van der Waals surface area contributed by atoms with Crippen molar-refractivity contribution in [3.8, 4) is 5.75 Å². The third-order valence-electron chi connectivity index (χ3n) is 1.98. The van der Waals surface area contributed by atoms with Crippen molar-refractivity contribution in [1.82, 2.24) is 5.32 Å². The van der Waals surface area contributed by atoms with Gasteiger partial charge < -0.3 is 21.3 Å². The molecule has 0 fully saturated rings. The maximum atomic E-state index is 11.6. The van der Waals surface area contributed by atoms with E-state index in [-0.39, 0.29) is 22.9 Å². The number of amides is 2. The van der Waals surface area contributed by atoms with Crippen molar-refractivity contribution in [2.45, 2.75) is 6.10 Å². The highest BCUT2D eigenvalue weighted by atomic mass is 35.5. The Morgan fingerprint density at radius 2 is 2.12 bits per heavy atom. The van der Waals surface area contributed by atoms with Crippen LogP contribution in [0.3, 0.4) is 0 Å². The van der Waals surface area contributed by atoms with Gasteiger partial charge in [-0.2, -0.15) is 0 Å². The molecule has 1 aromatic rings. The first kappa shape index (κ1) is 13.3. The number of phenols is 1. The minimum Gasteiger partial charge on any atom is -0.508 e. The molecule has 0 bridgehead atoms. The van der Waals surface area contributed by atoms with Crippen LogP contribution in [0.15, 0.2) is 18.2 Å². The van der Waals surface area contributed by atoms with Gasteiger partial charge in [-0.05, 0) is 18.2 Å². The molecule has 6 nitrogen and oxygen atoms in total. The van der Waals surface area contributed by atoms with E-state index in [0.717, 1.165) is 0 Å². The number of nitrogens with one attached hydrogen (secondary N) is 1. The molecule has 0 aliphatic rings. The molecule has 7 heteroatoms. The average Bonchev–Trinajstić information content (AvgIpc) is 2.28. The predicted octanol–water partition coefficient (Wildman–Crippen LogP) is -0.378. The minimum atomic E-state index is -1.46. The second kappa shape index (κ2) is 5.51. The summed E-state index contributed by atoms with van der Waals surface area (Å²) in [4.78, 5) is 22.1. The number of aromatic hydroxyl groups is 1. The Morgan fingerprint density at radius 1 is 1.47 bits per heavy atom. The quantitative estimate of drug-likeness (QED) is 0.590. The van der Waals surface area contributed by atoms with Gasteiger partial charge in [0.05, 0.1) is 17.1 Å². The second-order valence-electron chi connectivity index (χ2n) is 3.29. The van der Waals surface area contributed by atoms with E-state index in [1.807, 2.05) is 0 Å². The first-order chi connectivity index (χ1) is 7.91. The summed E-state index contributed by atoms with van der Waals surface area (Å²) in [7, 11) is 0. The number of hydrogen-bond acceptors (Lipinski definition) is 4. The van der Waals surface area contributed by atoms with Crippen molar-refractivity contribution < 1.29 is 19.8 Å². The summed E-state index contributed by atoms with van der Waals surface area (Å²) in [5, 5.41) is 20.7. The molecule has 1 unspecified atom stereocenters. The SMILES string of the molecule is NC(=O)C(O)CNC(=O)c1cc(O)ccc1Cl. The third-order valence-corrected chi connectivity index (χ3v) is 2.31. The molecule has 0 saturated heterocycles. The van der Waals surface area contributed by atoms with Crippen LogP contribution < -0.4 is 11.1 Å². The van der Waals surface area contributed by atoms with Gasteiger partial charge in [0.1, 0.15) is 11.9 Å². The molecule has 2 amide bonds. The monoisotopic (exact) mass is 258 g/mol.